The molecular formula is C7H7BrN4S. The fourth-order valence-electron chi connectivity index (χ4n) is 0.967. The molecule has 68 valence electrons. The molecule has 2 heterocycles. The van der Waals surface area contributed by atoms with Gasteiger partial charge in [-0.25, -0.2) is 9.67 Å². The molecule has 0 amide bonds. The third kappa shape index (κ3) is 1.73. The molecule has 13 heavy (non-hydrogen) atoms. The summed E-state index contributed by atoms with van der Waals surface area (Å²) in [6.07, 6.45) is 1.68. The first-order valence-corrected chi connectivity index (χ1v) is 5.35. The minimum absolute atomic E-state index is 0.626. The monoisotopic (exact) mass is 258 g/mol. The van der Waals surface area contributed by atoms with Crippen LogP contribution in [0.25, 0.3) is 0 Å². The lowest BCUT2D eigenvalue weighted by Gasteiger charge is -2.00. The summed E-state index contributed by atoms with van der Waals surface area (Å²) in [5.74, 6) is 0.632. The summed E-state index contributed by atoms with van der Waals surface area (Å²) in [6, 6.07) is 0. The Hall–Kier alpha value is -0.880. The van der Waals surface area contributed by atoms with Gasteiger partial charge in [-0.2, -0.15) is 5.10 Å². The molecule has 2 aromatic heterocycles. The molecule has 0 radical (unpaired) electrons. The van der Waals surface area contributed by atoms with E-state index >= 15 is 0 Å². The molecule has 0 fully saturated rings. The van der Waals surface area contributed by atoms with Gasteiger partial charge in [0.2, 0.25) is 0 Å². The number of anilines is 1. The summed E-state index contributed by atoms with van der Waals surface area (Å²) in [6.45, 7) is 0.626. The average Bonchev–Trinajstić information content (AvgIpc) is 2.71. The zero-order valence-corrected chi connectivity index (χ0v) is 9.05. The molecule has 2 rings (SSSR count). The van der Waals surface area contributed by atoms with Crippen LogP contribution >= 0.6 is 27.3 Å². The third-order valence-corrected chi connectivity index (χ3v) is 2.87. The van der Waals surface area contributed by atoms with Crippen LogP contribution in [0.1, 0.15) is 5.69 Å². The van der Waals surface area contributed by atoms with E-state index in [0.29, 0.717) is 12.4 Å². The number of halogens is 1. The van der Waals surface area contributed by atoms with Crippen molar-refractivity contribution in [3.8, 4) is 0 Å². The molecule has 0 spiro atoms. The molecule has 0 atom stereocenters. The maximum absolute atomic E-state index is 5.75. The van der Waals surface area contributed by atoms with Crippen LogP contribution in [-0.4, -0.2) is 14.8 Å². The Morgan fingerprint density at radius 3 is 3.00 bits per heavy atom. The lowest BCUT2D eigenvalue weighted by molar-refractivity contribution is 0.685. The normalized spacial score (nSPS) is 10.5. The summed E-state index contributed by atoms with van der Waals surface area (Å²) < 4.78 is 2.53. The summed E-state index contributed by atoms with van der Waals surface area (Å²) in [4.78, 5) is 4.15. The number of nitrogens with zero attached hydrogens (tertiary/aromatic N) is 3. The van der Waals surface area contributed by atoms with Gasteiger partial charge in [-0.15, -0.1) is 11.3 Å². The summed E-state index contributed by atoms with van der Waals surface area (Å²) in [5, 5.41) is 6.08. The van der Waals surface area contributed by atoms with Crippen LogP contribution in [0.2, 0.25) is 0 Å². The van der Waals surface area contributed by atoms with E-state index in [-0.39, 0.29) is 0 Å². The Morgan fingerprint density at radius 1 is 1.62 bits per heavy atom. The lowest BCUT2D eigenvalue weighted by atomic mass is 10.5. The number of nitrogens with two attached hydrogens (primary N) is 1. The van der Waals surface area contributed by atoms with Crippen molar-refractivity contribution < 1.29 is 0 Å². The molecule has 4 nitrogen and oxygen atoms in total. The second kappa shape index (κ2) is 3.47. The first kappa shape index (κ1) is 8.71. The number of hydrogen-bond acceptors (Lipinski definition) is 4. The van der Waals surface area contributed by atoms with Crippen LogP contribution in [0.4, 0.5) is 5.82 Å². The zero-order valence-electron chi connectivity index (χ0n) is 6.64. The summed E-state index contributed by atoms with van der Waals surface area (Å²) in [7, 11) is 0. The Bertz CT molecular complexity index is 395. The molecule has 0 unspecified atom stereocenters. The molecule has 0 aliphatic carbocycles. The molecule has 0 aliphatic rings. The van der Waals surface area contributed by atoms with E-state index in [1.165, 1.54) is 0 Å². The van der Waals surface area contributed by atoms with Crippen LogP contribution in [0, 0.1) is 0 Å². The number of rotatable bonds is 2. The van der Waals surface area contributed by atoms with E-state index in [1.807, 2.05) is 5.38 Å². The third-order valence-electron chi connectivity index (χ3n) is 1.63. The fourth-order valence-corrected chi connectivity index (χ4v) is 1.81. The van der Waals surface area contributed by atoms with Gasteiger partial charge in [0, 0.05) is 5.38 Å². The van der Waals surface area contributed by atoms with Gasteiger partial charge in [-0.1, -0.05) is 0 Å². The number of aromatic nitrogens is 3. The van der Waals surface area contributed by atoms with Crippen molar-refractivity contribution >= 4 is 33.1 Å². The first-order valence-electron chi connectivity index (χ1n) is 3.61. The van der Waals surface area contributed by atoms with Gasteiger partial charge >= 0.3 is 0 Å². The highest BCUT2D eigenvalue weighted by Crippen LogP contribution is 2.18. The highest BCUT2D eigenvalue weighted by Gasteiger charge is 2.05. The summed E-state index contributed by atoms with van der Waals surface area (Å²) in [5.41, 5.74) is 8.52. The molecule has 0 aromatic carbocycles. The van der Waals surface area contributed by atoms with Crippen molar-refractivity contribution in [3.63, 3.8) is 0 Å². The van der Waals surface area contributed by atoms with Gasteiger partial charge in [-0.05, 0) is 15.9 Å². The van der Waals surface area contributed by atoms with E-state index < -0.39 is 0 Å². The van der Waals surface area contributed by atoms with Gasteiger partial charge in [-0.3, -0.25) is 0 Å². The smallest absolute Gasteiger partial charge is 0.136 e. The molecule has 0 saturated carbocycles. The number of nitrogen functional groups attached to an aromatic ring is 1. The number of thiazole rings is 1. The van der Waals surface area contributed by atoms with Crippen LogP contribution in [0.5, 0.6) is 0 Å². The van der Waals surface area contributed by atoms with Crippen LogP contribution in [0.3, 0.4) is 0 Å². The van der Waals surface area contributed by atoms with Crippen molar-refractivity contribution in [2.45, 2.75) is 6.54 Å². The minimum atomic E-state index is 0.626. The average molecular weight is 259 g/mol. The fraction of sp³-hybridized carbons (Fsp3) is 0.143. The zero-order chi connectivity index (χ0) is 9.26. The predicted octanol–water partition coefficient (Wildman–Crippen LogP) is 1.73. The highest BCUT2D eigenvalue weighted by atomic mass is 79.9. The van der Waals surface area contributed by atoms with E-state index in [0.717, 1.165) is 10.2 Å². The van der Waals surface area contributed by atoms with Crippen molar-refractivity contribution in [2.75, 3.05) is 5.73 Å². The Labute approximate surface area is 87.5 Å². The minimum Gasteiger partial charge on any atom is -0.383 e. The van der Waals surface area contributed by atoms with Crippen molar-refractivity contribution in [3.05, 3.63) is 27.3 Å². The van der Waals surface area contributed by atoms with E-state index in [2.05, 4.69) is 26.0 Å². The van der Waals surface area contributed by atoms with Crippen molar-refractivity contribution in [1.29, 1.82) is 0 Å². The topological polar surface area (TPSA) is 56.7 Å². The van der Waals surface area contributed by atoms with Gasteiger partial charge in [0.1, 0.15) is 5.82 Å². The first-order chi connectivity index (χ1) is 6.27. The molecule has 0 aliphatic heterocycles. The standard InChI is InChI=1S/C7H7BrN4S/c8-6-1-11-12(7(6)9)2-5-3-13-4-10-5/h1,3-4H,2,9H2. The van der Waals surface area contributed by atoms with Crippen molar-refractivity contribution in [1.82, 2.24) is 14.8 Å². The molecule has 2 aromatic rings. The number of hydrogen-bond donors (Lipinski definition) is 1. The molecular weight excluding hydrogens is 252 g/mol. The SMILES string of the molecule is Nc1c(Br)cnn1Cc1cscn1. The second-order valence-corrected chi connectivity index (χ2v) is 4.09. The lowest BCUT2D eigenvalue weighted by Crippen LogP contribution is -2.05. The molecule has 0 bridgehead atoms. The van der Waals surface area contributed by atoms with Crippen LogP contribution in [-0.2, 0) is 6.54 Å². The van der Waals surface area contributed by atoms with Gasteiger partial charge < -0.3 is 5.73 Å². The van der Waals surface area contributed by atoms with E-state index in [1.54, 1.807) is 27.7 Å². The Kier molecular flexibility index (Phi) is 2.32. The molecule has 0 saturated heterocycles. The molecule has 2 N–H and O–H groups in total. The molecule has 6 heteroatoms. The second-order valence-electron chi connectivity index (χ2n) is 2.52. The van der Waals surface area contributed by atoms with Gasteiger partial charge in [0.25, 0.3) is 0 Å². The van der Waals surface area contributed by atoms with Gasteiger partial charge in [0.15, 0.2) is 0 Å². The maximum atomic E-state index is 5.75. The quantitative estimate of drug-likeness (QED) is 0.893. The van der Waals surface area contributed by atoms with Crippen molar-refractivity contribution in [2.24, 2.45) is 0 Å². The van der Waals surface area contributed by atoms with Crippen LogP contribution in [0.15, 0.2) is 21.6 Å². The predicted molar refractivity (Wildman–Crippen MR) is 55.6 cm³/mol. The van der Waals surface area contributed by atoms with Gasteiger partial charge in [0.05, 0.1) is 28.4 Å². The van der Waals surface area contributed by atoms with E-state index in [4.69, 9.17) is 5.73 Å². The van der Waals surface area contributed by atoms with Crippen LogP contribution < -0.4 is 5.73 Å². The Morgan fingerprint density at radius 2 is 2.46 bits per heavy atom. The maximum Gasteiger partial charge on any atom is 0.136 e. The largest absolute Gasteiger partial charge is 0.383 e. The van der Waals surface area contributed by atoms with E-state index in [9.17, 15) is 0 Å². The Balaban J connectivity index is 2.24. The highest BCUT2D eigenvalue weighted by molar-refractivity contribution is 9.10. The summed E-state index contributed by atoms with van der Waals surface area (Å²) >= 11 is 4.86.